The van der Waals surface area contributed by atoms with E-state index in [1.54, 1.807) is 12.1 Å². The Morgan fingerprint density at radius 2 is 1.16 bits per heavy atom. The van der Waals surface area contributed by atoms with Crippen LogP contribution < -0.4 is 16.0 Å². The van der Waals surface area contributed by atoms with E-state index in [0.29, 0.717) is 12.0 Å². The molecule has 1 saturated heterocycles. The number of ether oxygens (including phenoxy) is 1. The van der Waals surface area contributed by atoms with E-state index in [9.17, 15) is 24.5 Å². The fourth-order valence-electron chi connectivity index (χ4n) is 10.7. The zero-order valence-electron chi connectivity index (χ0n) is 38.2. The van der Waals surface area contributed by atoms with Crippen molar-refractivity contribution < 1.29 is 33.6 Å². The maximum absolute atomic E-state index is 12.2. The Labute approximate surface area is 379 Å². The average Bonchev–Trinajstić information content (AvgIpc) is 3.32. The summed E-state index contributed by atoms with van der Waals surface area (Å²) < 4.78 is 4.94. The van der Waals surface area contributed by atoms with Crippen molar-refractivity contribution in [3.05, 3.63) is 99.6 Å². The lowest BCUT2D eigenvalue weighted by Crippen LogP contribution is -2.48. The fourth-order valence-corrected chi connectivity index (χ4v) is 10.7. The second-order valence-electron chi connectivity index (χ2n) is 18.6. The van der Waals surface area contributed by atoms with Gasteiger partial charge in [-0.2, -0.15) is 9.59 Å². The summed E-state index contributed by atoms with van der Waals surface area (Å²) in [4.78, 5) is 62.7. The average molecular weight is 879 g/mol. The van der Waals surface area contributed by atoms with E-state index in [0.717, 1.165) is 94.2 Å². The number of para-hydroxylation sites is 3. The summed E-state index contributed by atoms with van der Waals surface area (Å²) in [7, 11) is 0. The molecule has 4 fully saturated rings. The van der Waals surface area contributed by atoms with E-state index in [1.165, 1.54) is 81.8 Å². The minimum atomic E-state index is -0.248. The number of nitro benzene ring substituents is 1. The smallest absolute Gasteiger partial charge is 0.373 e. The minimum absolute atomic E-state index is 0.0206. The number of carbonyl (C=O) groups is 3. The number of fused-ring (bicyclic) bond motifs is 2. The molecule has 0 aromatic heterocycles. The lowest BCUT2D eigenvalue weighted by Gasteiger charge is -2.39. The van der Waals surface area contributed by atoms with Crippen LogP contribution >= 0.6 is 0 Å². The minimum Gasteiger partial charge on any atom is -0.466 e. The molecule has 2 amide bonds. The summed E-state index contributed by atoms with van der Waals surface area (Å²) in [6, 6.07) is 23.5. The van der Waals surface area contributed by atoms with Crippen molar-refractivity contribution in [2.45, 2.75) is 149 Å². The molecule has 3 heterocycles. The van der Waals surface area contributed by atoms with Crippen LogP contribution in [0, 0.1) is 32.3 Å². The first-order valence-electron chi connectivity index (χ1n) is 23.9. The third-order valence-corrected chi connectivity index (χ3v) is 14.6. The van der Waals surface area contributed by atoms with Crippen molar-refractivity contribution in [2.75, 3.05) is 30.3 Å². The first-order valence-corrected chi connectivity index (χ1v) is 23.9. The summed E-state index contributed by atoms with van der Waals surface area (Å²) in [6.07, 6.45) is 23.9. The Balaban J connectivity index is 0.000000159. The van der Waals surface area contributed by atoms with Gasteiger partial charge in [-0.25, -0.2) is 0 Å². The SMILES string of the molecule is CCC1(Cc2ccccc2[N+](=O)[O-])CCCCC1.CCOC(=O)C1CCCCC1.O=C1Nc2ccccc2CC12CCCCC2.O=C1Nc2ccccc2CC12CCNCC2.O=C=O. The molecule has 3 aromatic rings. The molecule has 9 rings (SSSR count). The van der Waals surface area contributed by atoms with Crippen LogP contribution in [0.25, 0.3) is 0 Å². The third-order valence-electron chi connectivity index (χ3n) is 14.6. The number of amides is 2. The quantitative estimate of drug-likeness (QED) is 0.124. The van der Waals surface area contributed by atoms with Gasteiger partial charge in [-0.05, 0) is 119 Å². The number of hydrogen-bond acceptors (Lipinski definition) is 9. The van der Waals surface area contributed by atoms with Gasteiger partial charge in [-0.1, -0.05) is 126 Å². The van der Waals surface area contributed by atoms with Gasteiger partial charge in [-0.15, -0.1) is 0 Å². The highest BCUT2D eigenvalue weighted by Gasteiger charge is 2.44. The topological polar surface area (TPSA) is 174 Å². The standard InChI is InChI=1S/C15H21NO2.C14H17NO.C13H16N2O.C9H16O2.CO2/c1-2-15(10-6-3-7-11-15)12-13-8-4-5-9-14(13)16(17)18;16-13-14(8-4-1-5-9-14)10-11-6-2-3-7-12(11)15-13;16-12-13(5-7-14-8-6-13)9-10-3-1-2-4-11(10)15-12;1-2-11-9(10)8-6-4-3-5-7-8;2-1-3/h4-5,8-9H,2-3,6-7,10-12H2,1H3;2-3,6-7H,1,4-5,8-10H2,(H,15,16);1-4,14H,5-9H2,(H,15,16);8H,2-7H2,1H3;. The highest BCUT2D eigenvalue weighted by Crippen LogP contribution is 2.45. The number of nitrogens with one attached hydrogen (secondary N) is 3. The van der Waals surface area contributed by atoms with Crippen molar-refractivity contribution in [3.63, 3.8) is 0 Å². The van der Waals surface area contributed by atoms with Gasteiger partial charge < -0.3 is 20.7 Å². The summed E-state index contributed by atoms with van der Waals surface area (Å²) in [5.41, 5.74) is 5.85. The summed E-state index contributed by atoms with van der Waals surface area (Å²) in [5, 5.41) is 20.5. The zero-order valence-corrected chi connectivity index (χ0v) is 38.2. The number of carbonyl (C=O) groups excluding carboxylic acids is 5. The van der Waals surface area contributed by atoms with Crippen LogP contribution in [-0.4, -0.2) is 48.6 Å². The number of anilines is 2. The highest BCUT2D eigenvalue weighted by atomic mass is 16.6. The molecule has 12 nitrogen and oxygen atoms in total. The van der Waals surface area contributed by atoms with Gasteiger partial charge in [0.15, 0.2) is 0 Å². The molecule has 3 saturated carbocycles. The molecule has 2 spiro atoms. The van der Waals surface area contributed by atoms with Crippen molar-refractivity contribution in [3.8, 4) is 0 Å². The number of hydrogen-bond donors (Lipinski definition) is 3. The number of piperidine rings is 1. The number of nitrogens with zero attached hydrogens (tertiary/aromatic N) is 1. The molecule has 3 aliphatic heterocycles. The van der Waals surface area contributed by atoms with Gasteiger partial charge in [0.05, 0.1) is 28.3 Å². The Morgan fingerprint density at radius 3 is 1.67 bits per heavy atom. The van der Waals surface area contributed by atoms with Gasteiger partial charge in [0, 0.05) is 23.0 Å². The molecule has 0 unspecified atom stereocenters. The van der Waals surface area contributed by atoms with Crippen LogP contribution in [-0.2, 0) is 48.0 Å². The zero-order chi connectivity index (χ0) is 45.8. The van der Waals surface area contributed by atoms with Crippen molar-refractivity contribution in [2.24, 2.45) is 22.2 Å². The second kappa shape index (κ2) is 24.8. The largest absolute Gasteiger partial charge is 0.466 e. The Kier molecular flexibility index (Phi) is 19.3. The molecular formula is C52H70N4O8. The Bertz CT molecular complexity index is 1940. The number of esters is 1. The van der Waals surface area contributed by atoms with E-state index >= 15 is 0 Å². The van der Waals surface area contributed by atoms with Crippen LogP contribution in [0.2, 0.25) is 0 Å². The van der Waals surface area contributed by atoms with Gasteiger partial charge in [0.1, 0.15) is 0 Å². The number of nitro groups is 1. The van der Waals surface area contributed by atoms with Crippen LogP contribution in [0.1, 0.15) is 146 Å². The Hall–Kier alpha value is -5.19. The fraction of sp³-hybridized carbons (Fsp3) is 0.577. The summed E-state index contributed by atoms with van der Waals surface area (Å²) in [6.45, 7) is 6.52. The van der Waals surface area contributed by atoms with E-state index in [2.05, 4.69) is 41.1 Å². The van der Waals surface area contributed by atoms with Crippen molar-refractivity contribution >= 4 is 41.0 Å². The van der Waals surface area contributed by atoms with Crippen molar-refractivity contribution in [1.82, 2.24) is 5.32 Å². The molecule has 346 valence electrons. The second-order valence-corrected chi connectivity index (χ2v) is 18.6. The molecule has 12 heteroatoms. The summed E-state index contributed by atoms with van der Waals surface area (Å²) in [5.74, 6) is 0.703. The van der Waals surface area contributed by atoms with Gasteiger partial charge in [0.25, 0.3) is 5.69 Å². The van der Waals surface area contributed by atoms with Gasteiger partial charge in [0.2, 0.25) is 11.8 Å². The Morgan fingerprint density at radius 1 is 0.688 bits per heavy atom. The molecule has 3 N–H and O–H groups in total. The molecule has 0 radical (unpaired) electrons. The van der Waals surface area contributed by atoms with Crippen LogP contribution in [0.3, 0.4) is 0 Å². The van der Waals surface area contributed by atoms with E-state index < -0.39 is 0 Å². The number of rotatable bonds is 6. The maximum Gasteiger partial charge on any atom is 0.373 e. The van der Waals surface area contributed by atoms with Crippen LogP contribution in [0.5, 0.6) is 0 Å². The normalized spacial score (nSPS) is 20.0. The van der Waals surface area contributed by atoms with Crippen molar-refractivity contribution in [1.29, 1.82) is 0 Å². The highest BCUT2D eigenvalue weighted by molar-refractivity contribution is 5.99. The molecule has 64 heavy (non-hydrogen) atoms. The summed E-state index contributed by atoms with van der Waals surface area (Å²) >= 11 is 0. The predicted molar refractivity (Wildman–Crippen MR) is 248 cm³/mol. The van der Waals surface area contributed by atoms with Crippen LogP contribution in [0.15, 0.2) is 72.8 Å². The lowest BCUT2D eigenvalue weighted by atomic mass is 9.68. The third kappa shape index (κ3) is 13.4. The van der Waals surface area contributed by atoms with E-state index in [4.69, 9.17) is 14.3 Å². The monoisotopic (exact) mass is 879 g/mol. The van der Waals surface area contributed by atoms with Gasteiger partial charge in [-0.3, -0.25) is 24.5 Å². The molecule has 6 aliphatic rings. The first-order chi connectivity index (χ1) is 31.0. The van der Waals surface area contributed by atoms with E-state index in [-0.39, 0.29) is 51.3 Å². The molecule has 3 aromatic carbocycles. The molecule has 0 bridgehead atoms. The first kappa shape index (κ1) is 49.8. The predicted octanol–water partition coefficient (Wildman–Crippen LogP) is 10.7. The van der Waals surface area contributed by atoms with Crippen LogP contribution in [0.4, 0.5) is 17.1 Å². The maximum atomic E-state index is 12.2. The molecular weight excluding hydrogens is 809 g/mol. The number of benzene rings is 3. The lowest BCUT2D eigenvalue weighted by molar-refractivity contribution is -0.385. The van der Waals surface area contributed by atoms with E-state index in [1.807, 2.05) is 49.4 Å². The molecule has 3 aliphatic carbocycles. The molecule has 0 atom stereocenters. The van der Waals surface area contributed by atoms with Gasteiger partial charge >= 0.3 is 12.1 Å².